The first-order chi connectivity index (χ1) is 14.3. The summed E-state index contributed by atoms with van der Waals surface area (Å²) in [5.41, 5.74) is 2.56. The van der Waals surface area contributed by atoms with Crippen LogP contribution in [0.15, 0.2) is 24.3 Å². The molecule has 8 heteroatoms. The molecule has 2 heterocycles. The first-order valence-electron chi connectivity index (χ1n) is 10.4. The first kappa shape index (κ1) is 21.3. The number of rotatable bonds is 4. The Morgan fingerprint density at radius 1 is 1.13 bits per heavy atom. The summed E-state index contributed by atoms with van der Waals surface area (Å²) < 4.78 is 44.9. The maximum absolute atomic E-state index is 13.1. The van der Waals surface area contributed by atoms with E-state index in [1.807, 2.05) is 0 Å². The van der Waals surface area contributed by atoms with E-state index in [9.17, 15) is 18.0 Å². The number of ether oxygens (including phenoxy) is 1. The highest BCUT2D eigenvalue weighted by atomic mass is 32.1. The minimum atomic E-state index is -4.36. The molecule has 2 aliphatic rings. The van der Waals surface area contributed by atoms with Crippen molar-refractivity contribution in [2.24, 2.45) is 0 Å². The Morgan fingerprint density at radius 2 is 1.80 bits per heavy atom. The third-order valence-corrected chi connectivity index (χ3v) is 7.13. The van der Waals surface area contributed by atoms with Gasteiger partial charge >= 0.3 is 6.18 Å². The van der Waals surface area contributed by atoms with Crippen LogP contribution >= 0.6 is 11.3 Å². The number of anilines is 1. The number of alkyl halides is 3. The van der Waals surface area contributed by atoms with Crippen molar-refractivity contribution in [2.45, 2.75) is 44.8 Å². The van der Waals surface area contributed by atoms with Gasteiger partial charge in [0, 0.05) is 17.4 Å². The van der Waals surface area contributed by atoms with E-state index >= 15 is 0 Å². The number of carbonyl (C=O) groups excluding carboxylic acids is 1. The van der Waals surface area contributed by atoms with Gasteiger partial charge in [0.05, 0.1) is 24.3 Å². The molecule has 1 amide bonds. The van der Waals surface area contributed by atoms with E-state index in [2.05, 4.69) is 5.32 Å². The molecule has 0 spiro atoms. The van der Waals surface area contributed by atoms with E-state index in [1.165, 1.54) is 34.4 Å². The smallest absolute Gasteiger partial charge is 0.370 e. The predicted octanol–water partition coefficient (Wildman–Crippen LogP) is 3.61. The Balaban J connectivity index is 1.82. The number of thiophene rings is 1. The summed E-state index contributed by atoms with van der Waals surface area (Å²) in [5, 5.41) is 3.86. The predicted molar refractivity (Wildman–Crippen MR) is 110 cm³/mol. The Morgan fingerprint density at radius 3 is 2.43 bits per heavy atom. The van der Waals surface area contributed by atoms with Gasteiger partial charge in [-0.15, -0.1) is 11.3 Å². The number of hydrogen-bond acceptors (Lipinski definition) is 3. The number of quaternary nitrogens is 1. The lowest BCUT2D eigenvalue weighted by Gasteiger charge is -2.33. The van der Waals surface area contributed by atoms with E-state index in [1.54, 1.807) is 23.5 Å². The van der Waals surface area contributed by atoms with Gasteiger partial charge in [0.1, 0.15) is 24.1 Å². The fourth-order valence-electron chi connectivity index (χ4n) is 4.54. The Kier molecular flexibility index (Phi) is 6.18. The molecule has 4 rings (SSSR count). The van der Waals surface area contributed by atoms with Crippen molar-refractivity contribution in [3.8, 4) is 0 Å². The highest BCUT2D eigenvalue weighted by molar-refractivity contribution is 7.16. The number of morpholine rings is 1. The monoisotopic (exact) mass is 439 g/mol. The van der Waals surface area contributed by atoms with E-state index in [0.29, 0.717) is 13.2 Å². The Bertz CT molecular complexity index is 902. The molecule has 1 saturated heterocycles. The zero-order valence-electron chi connectivity index (χ0n) is 16.9. The third kappa shape index (κ3) is 4.40. The van der Waals surface area contributed by atoms with Crippen molar-refractivity contribution in [3.63, 3.8) is 0 Å². The molecular weight excluding hydrogens is 413 g/mol. The molecule has 1 fully saturated rings. The summed E-state index contributed by atoms with van der Waals surface area (Å²) in [7, 11) is 0. The Labute approximate surface area is 178 Å². The molecule has 0 saturated carbocycles. The molecule has 0 unspecified atom stereocenters. The molecule has 4 nitrogen and oxygen atoms in total. The van der Waals surface area contributed by atoms with Crippen molar-refractivity contribution >= 4 is 22.2 Å². The third-order valence-electron chi connectivity index (χ3n) is 5.91. The van der Waals surface area contributed by atoms with Crippen LogP contribution in [0.3, 0.4) is 0 Å². The quantitative estimate of drug-likeness (QED) is 0.765. The summed E-state index contributed by atoms with van der Waals surface area (Å²) in [6.07, 6.45) is -0.203. The topological polar surface area (TPSA) is 42.8 Å². The number of nitrogens with one attached hydrogen (secondary N) is 2. The molecule has 0 bridgehead atoms. The van der Waals surface area contributed by atoms with Crippen molar-refractivity contribution in [1.29, 1.82) is 0 Å². The summed E-state index contributed by atoms with van der Waals surface area (Å²) in [6.45, 7) is 4.28. The Hall–Kier alpha value is -1.90. The normalized spacial score (nSPS) is 18.7. The van der Waals surface area contributed by atoms with Gasteiger partial charge < -0.3 is 15.0 Å². The molecule has 30 heavy (non-hydrogen) atoms. The van der Waals surface area contributed by atoms with Crippen LogP contribution in [0.4, 0.5) is 18.2 Å². The van der Waals surface area contributed by atoms with E-state index in [0.717, 1.165) is 54.9 Å². The minimum absolute atomic E-state index is 0.127. The van der Waals surface area contributed by atoms with Crippen LogP contribution in [0, 0.1) is 0 Å². The number of benzene rings is 1. The average Bonchev–Trinajstić information content (AvgIpc) is 3.06. The van der Waals surface area contributed by atoms with Crippen molar-refractivity contribution in [1.82, 2.24) is 0 Å². The number of amides is 1. The number of halogens is 3. The van der Waals surface area contributed by atoms with Gasteiger partial charge in [-0.05, 0) is 43.4 Å². The summed E-state index contributed by atoms with van der Waals surface area (Å²) in [6, 6.07) is 5.40. The molecule has 162 valence electrons. The molecule has 2 aromatic rings. The number of fused-ring (bicyclic) bond motifs is 1. The van der Waals surface area contributed by atoms with Crippen LogP contribution in [-0.4, -0.2) is 32.2 Å². The van der Waals surface area contributed by atoms with E-state index in [4.69, 9.17) is 4.74 Å². The van der Waals surface area contributed by atoms with Crippen LogP contribution in [0.5, 0.6) is 0 Å². The molecule has 1 aliphatic heterocycles. The van der Waals surface area contributed by atoms with Crippen molar-refractivity contribution < 1.29 is 27.6 Å². The second kappa shape index (κ2) is 8.69. The van der Waals surface area contributed by atoms with Crippen LogP contribution in [0.2, 0.25) is 0 Å². The van der Waals surface area contributed by atoms with Crippen LogP contribution < -0.4 is 10.2 Å². The fraction of sp³-hybridized carbons (Fsp3) is 0.500. The summed E-state index contributed by atoms with van der Waals surface area (Å²) in [4.78, 5) is 14.5. The molecule has 1 atom stereocenters. The number of carbonyl (C=O) groups is 1. The highest BCUT2D eigenvalue weighted by Gasteiger charge is 2.36. The average molecular weight is 440 g/mol. The van der Waals surface area contributed by atoms with Gasteiger partial charge in [-0.2, -0.15) is 13.2 Å². The molecule has 1 aliphatic carbocycles. The second-order valence-electron chi connectivity index (χ2n) is 7.96. The van der Waals surface area contributed by atoms with Gasteiger partial charge in [-0.25, -0.2) is 0 Å². The largest absolute Gasteiger partial charge is 0.416 e. The summed E-state index contributed by atoms with van der Waals surface area (Å²) in [5.74, 6) is -0.127. The minimum Gasteiger partial charge on any atom is -0.370 e. The zero-order valence-corrected chi connectivity index (χ0v) is 17.7. The maximum atomic E-state index is 13.1. The first-order valence-corrected chi connectivity index (χ1v) is 11.2. The molecule has 0 radical (unpaired) electrons. The molecule has 1 aromatic carbocycles. The zero-order chi connectivity index (χ0) is 21.3. The van der Waals surface area contributed by atoms with Gasteiger partial charge in [-0.1, -0.05) is 12.1 Å². The van der Waals surface area contributed by atoms with E-state index in [-0.39, 0.29) is 11.9 Å². The molecular formula is C22H26F3N2O2S+. The molecule has 1 aromatic heterocycles. The van der Waals surface area contributed by atoms with Gasteiger partial charge in [-0.3, -0.25) is 4.79 Å². The van der Waals surface area contributed by atoms with Gasteiger partial charge in [0.25, 0.3) is 0 Å². The van der Waals surface area contributed by atoms with Gasteiger partial charge in [0.2, 0.25) is 5.91 Å². The second-order valence-corrected chi connectivity index (χ2v) is 9.06. The number of aryl methyl sites for hydroxylation is 1. The van der Waals surface area contributed by atoms with Crippen LogP contribution in [0.25, 0.3) is 0 Å². The van der Waals surface area contributed by atoms with Crippen LogP contribution in [-0.2, 0) is 28.5 Å². The van der Waals surface area contributed by atoms with Gasteiger partial charge in [0.15, 0.2) is 0 Å². The SMILES string of the molecule is CC(=O)Nc1sc2c(c1[C@@H](c1ccc(C(F)(F)F)cc1)[NH+]1CCOCC1)CCCC2. The van der Waals surface area contributed by atoms with Crippen molar-refractivity contribution in [2.75, 3.05) is 31.6 Å². The lowest BCUT2D eigenvalue weighted by Crippen LogP contribution is -3.14. The fourth-order valence-corrected chi connectivity index (χ4v) is 5.92. The van der Waals surface area contributed by atoms with Crippen LogP contribution in [0.1, 0.15) is 52.9 Å². The van der Waals surface area contributed by atoms with Crippen molar-refractivity contribution in [3.05, 3.63) is 51.4 Å². The lowest BCUT2D eigenvalue weighted by molar-refractivity contribution is -0.933. The highest BCUT2D eigenvalue weighted by Crippen LogP contribution is 2.43. The van der Waals surface area contributed by atoms with E-state index < -0.39 is 11.7 Å². The standard InChI is InChI=1S/C22H25F3N2O2S/c1-14(28)26-21-19(17-4-2-3-5-18(17)30-21)20(27-10-12-29-13-11-27)15-6-8-16(9-7-15)22(23,24)25/h6-9,20H,2-5,10-13H2,1H3,(H,26,28)/p+1/t20-/m1/s1. The molecule has 2 N–H and O–H groups in total. The maximum Gasteiger partial charge on any atom is 0.416 e. The lowest BCUT2D eigenvalue weighted by atomic mass is 9.88. The number of hydrogen-bond donors (Lipinski definition) is 2. The summed E-state index contributed by atoms with van der Waals surface area (Å²) >= 11 is 1.63.